The molecule has 0 spiro atoms. The summed E-state index contributed by atoms with van der Waals surface area (Å²) >= 11 is 0. The first-order valence-electron chi connectivity index (χ1n) is 8.79. The first kappa shape index (κ1) is 14.7. The minimum absolute atomic E-state index is 0.303. The van der Waals surface area contributed by atoms with E-state index in [0.29, 0.717) is 6.10 Å². The van der Waals surface area contributed by atoms with E-state index in [2.05, 4.69) is 46.7 Å². The third-order valence-corrected chi connectivity index (χ3v) is 4.77. The summed E-state index contributed by atoms with van der Waals surface area (Å²) in [6, 6.07) is 15.2. The average molecular weight is 308 g/mol. The van der Waals surface area contributed by atoms with Crippen LogP contribution in [0.3, 0.4) is 0 Å². The van der Waals surface area contributed by atoms with Gasteiger partial charge in [-0.25, -0.2) is 4.98 Å². The highest BCUT2D eigenvalue weighted by molar-refractivity contribution is 5.30. The van der Waals surface area contributed by atoms with Gasteiger partial charge in [-0.2, -0.15) is 0 Å². The fourth-order valence-corrected chi connectivity index (χ4v) is 3.24. The largest absolute Gasteiger partial charge is 0.474 e. The zero-order chi connectivity index (χ0) is 15.5. The Bertz CT molecular complexity index is 643. The molecule has 1 aromatic carbocycles. The zero-order valence-electron chi connectivity index (χ0n) is 13.5. The van der Waals surface area contributed by atoms with Gasteiger partial charge in [-0.15, -0.1) is 0 Å². The number of benzene rings is 1. The summed E-state index contributed by atoms with van der Waals surface area (Å²) in [5.41, 5.74) is 3.89. The molecule has 0 atom stereocenters. The predicted octanol–water partition coefficient (Wildman–Crippen LogP) is 3.68. The Morgan fingerprint density at radius 3 is 2.48 bits per heavy atom. The quantitative estimate of drug-likeness (QED) is 0.915. The zero-order valence-corrected chi connectivity index (χ0v) is 13.5. The lowest BCUT2D eigenvalue weighted by atomic mass is 10.0. The molecule has 2 heterocycles. The summed E-state index contributed by atoms with van der Waals surface area (Å²) in [7, 11) is 0. The lowest BCUT2D eigenvalue weighted by Crippen LogP contribution is -2.34. The highest BCUT2D eigenvalue weighted by Gasteiger charge is 2.22. The van der Waals surface area contributed by atoms with Crippen LogP contribution in [0.1, 0.15) is 48.4 Å². The van der Waals surface area contributed by atoms with Crippen molar-refractivity contribution in [2.45, 2.75) is 44.1 Å². The molecule has 0 radical (unpaired) electrons. The minimum atomic E-state index is 0.303. The van der Waals surface area contributed by atoms with Crippen LogP contribution < -0.4 is 10.1 Å². The highest BCUT2D eigenvalue weighted by atomic mass is 16.5. The molecule has 3 heteroatoms. The number of piperidine rings is 1. The molecule has 1 aliphatic carbocycles. The van der Waals surface area contributed by atoms with Gasteiger partial charge in [0.05, 0.1) is 0 Å². The number of hydrogen-bond acceptors (Lipinski definition) is 3. The molecule has 23 heavy (non-hydrogen) atoms. The predicted molar refractivity (Wildman–Crippen MR) is 92.0 cm³/mol. The van der Waals surface area contributed by atoms with Crippen molar-refractivity contribution >= 4 is 0 Å². The third kappa shape index (κ3) is 3.91. The second kappa shape index (κ2) is 6.71. The highest BCUT2D eigenvalue weighted by Crippen LogP contribution is 2.39. The smallest absolute Gasteiger partial charge is 0.213 e. The van der Waals surface area contributed by atoms with Gasteiger partial charge in [-0.1, -0.05) is 30.3 Å². The standard InChI is InChI=1S/C20H24N2O/c1-2-18(14-15-4-6-16(7-5-15)17-8-9-17)22-20(3-1)23-19-10-12-21-13-11-19/h1-7,17,19,21H,8-14H2. The van der Waals surface area contributed by atoms with Crippen molar-refractivity contribution in [1.82, 2.24) is 10.3 Å². The van der Waals surface area contributed by atoms with Crippen LogP contribution in [0.4, 0.5) is 0 Å². The summed E-state index contributed by atoms with van der Waals surface area (Å²) < 4.78 is 6.04. The van der Waals surface area contributed by atoms with Gasteiger partial charge >= 0.3 is 0 Å². The number of rotatable bonds is 5. The first-order valence-corrected chi connectivity index (χ1v) is 8.79. The summed E-state index contributed by atoms with van der Waals surface area (Å²) in [5.74, 6) is 1.59. The van der Waals surface area contributed by atoms with Crippen molar-refractivity contribution in [2.24, 2.45) is 0 Å². The monoisotopic (exact) mass is 308 g/mol. The minimum Gasteiger partial charge on any atom is -0.474 e. The summed E-state index contributed by atoms with van der Waals surface area (Å²) in [6.07, 6.45) is 6.02. The topological polar surface area (TPSA) is 34.1 Å². The maximum absolute atomic E-state index is 6.04. The molecule has 4 rings (SSSR count). The van der Waals surface area contributed by atoms with Crippen LogP contribution in [0, 0.1) is 0 Å². The second-order valence-electron chi connectivity index (χ2n) is 6.73. The molecular formula is C20H24N2O. The second-order valence-corrected chi connectivity index (χ2v) is 6.73. The molecule has 1 aliphatic heterocycles. The van der Waals surface area contributed by atoms with Crippen LogP contribution in [0.25, 0.3) is 0 Å². The SMILES string of the molecule is c1cc(Cc2ccc(C3CC3)cc2)nc(OC2CCNCC2)c1. The average Bonchev–Trinajstić information content (AvgIpc) is 3.42. The molecule has 2 aliphatic rings. The summed E-state index contributed by atoms with van der Waals surface area (Å²) in [5, 5.41) is 3.36. The molecule has 2 fully saturated rings. The fraction of sp³-hybridized carbons (Fsp3) is 0.450. The van der Waals surface area contributed by atoms with Crippen LogP contribution >= 0.6 is 0 Å². The number of aromatic nitrogens is 1. The Hall–Kier alpha value is -1.87. The Kier molecular flexibility index (Phi) is 4.29. The van der Waals surface area contributed by atoms with E-state index in [4.69, 9.17) is 4.74 Å². The van der Waals surface area contributed by atoms with Crippen LogP contribution in [0.5, 0.6) is 5.88 Å². The van der Waals surface area contributed by atoms with E-state index in [0.717, 1.165) is 49.8 Å². The number of nitrogens with one attached hydrogen (secondary N) is 1. The third-order valence-electron chi connectivity index (χ3n) is 4.77. The van der Waals surface area contributed by atoms with Gasteiger partial charge in [-0.05, 0) is 61.9 Å². The van der Waals surface area contributed by atoms with Crippen LogP contribution in [-0.4, -0.2) is 24.2 Å². The number of ether oxygens (including phenoxy) is 1. The Morgan fingerprint density at radius 2 is 1.74 bits per heavy atom. The van der Waals surface area contributed by atoms with Gasteiger partial charge in [0, 0.05) is 18.2 Å². The van der Waals surface area contributed by atoms with Crippen molar-refractivity contribution < 1.29 is 4.74 Å². The van der Waals surface area contributed by atoms with Crippen molar-refractivity contribution in [1.29, 1.82) is 0 Å². The van der Waals surface area contributed by atoms with Crippen molar-refractivity contribution in [3.8, 4) is 5.88 Å². The van der Waals surface area contributed by atoms with E-state index >= 15 is 0 Å². The molecule has 2 aromatic rings. The number of hydrogen-bond donors (Lipinski definition) is 1. The summed E-state index contributed by atoms with van der Waals surface area (Å²) in [6.45, 7) is 2.08. The lowest BCUT2D eigenvalue weighted by molar-refractivity contribution is 0.155. The first-order chi connectivity index (χ1) is 11.4. The van der Waals surface area contributed by atoms with E-state index in [-0.39, 0.29) is 0 Å². The lowest BCUT2D eigenvalue weighted by Gasteiger charge is -2.23. The molecule has 0 amide bonds. The molecule has 1 saturated heterocycles. The molecule has 1 N–H and O–H groups in total. The van der Waals surface area contributed by atoms with Crippen LogP contribution in [0.15, 0.2) is 42.5 Å². The number of pyridine rings is 1. The van der Waals surface area contributed by atoms with Crippen molar-refractivity contribution in [2.75, 3.05) is 13.1 Å². The maximum atomic E-state index is 6.04. The van der Waals surface area contributed by atoms with Gasteiger partial charge in [0.1, 0.15) is 6.10 Å². The normalized spacial score (nSPS) is 18.8. The van der Waals surface area contributed by atoms with E-state index in [1.165, 1.54) is 24.0 Å². The van der Waals surface area contributed by atoms with Gasteiger partial charge in [0.15, 0.2) is 0 Å². The van der Waals surface area contributed by atoms with Gasteiger partial charge in [-0.3, -0.25) is 0 Å². The molecular weight excluding hydrogens is 284 g/mol. The fourth-order valence-electron chi connectivity index (χ4n) is 3.24. The van der Waals surface area contributed by atoms with Crippen molar-refractivity contribution in [3.05, 3.63) is 59.3 Å². The molecule has 0 unspecified atom stereocenters. The van der Waals surface area contributed by atoms with E-state index in [1.54, 1.807) is 0 Å². The Morgan fingerprint density at radius 1 is 0.957 bits per heavy atom. The maximum Gasteiger partial charge on any atom is 0.213 e. The molecule has 1 aromatic heterocycles. The van der Waals surface area contributed by atoms with Crippen molar-refractivity contribution in [3.63, 3.8) is 0 Å². The molecule has 120 valence electrons. The van der Waals surface area contributed by atoms with Gasteiger partial charge in [0.2, 0.25) is 5.88 Å². The van der Waals surface area contributed by atoms with Crippen LogP contribution in [0.2, 0.25) is 0 Å². The van der Waals surface area contributed by atoms with Crippen LogP contribution in [-0.2, 0) is 6.42 Å². The molecule has 3 nitrogen and oxygen atoms in total. The van der Waals surface area contributed by atoms with E-state index in [9.17, 15) is 0 Å². The Balaban J connectivity index is 1.40. The summed E-state index contributed by atoms with van der Waals surface area (Å²) in [4.78, 5) is 4.69. The van der Waals surface area contributed by atoms with E-state index in [1.807, 2.05) is 6.07 Å². The van der Waals surface area contributed by atoms with Gasteiger partial charge < -0.3 is 10.1 Å². The number of nitrogens with zero attached hydrogens (tertiary/aromatic N) is 1. The Labute approximate surface area is 138 Å². The molecule has 0 bridgehead atoms. The van der Waals surface area contributed by atoms with E-state index < -0.39 is 0 Å². The van der Waals surface area contributed by atoms with Gasteiger partial charge in [0.25, 0.3) is 0 Å². The molecule has 1 saturated carbocycles.